The van der Waals surface area contributed by atoms with E-state index >= 15 is 0 Å². The second kappa shape index (κ2) is 7.47. The third-order valence-corrected chi connectivity index (χ3v) is 4.33. The van der Waals surface area contributed by atoms with Gasteiger partial charge in [0, 0.05) is 25.2 Å². The summed E-state index contributed by atoms with van der Waals surface area (Å²) in [7, 11) is 3.66. The van der Waals surface area contributed by atoms with Crippen LogP contribution in [0, 0.1) is 0 Å². The van der Waals surface area contributed by atoms with E-state index in [1.54, 1.807) is 7.11 Å². The monoisotopic (exact) mass is 368 g/mol. The van der Waals surface area contributed by atoms with Crippen molar-refractivity contribution >= 4 is 12.4 Å². The van der Waals surface area contributed by atoms with Gasteiger partial charge in [0.05, 0.1) is 13.2 Å². The molecule has 25 heavy (non-hydrogen) atoms. The Morgan fingerprint density at radius 3 is 2.92 bits per heavy atom. The van der Waals surface area contributed by atoms with Gasteiger partial charge in [-0.15, -0.1) is 12.4 Å². The highest BCUT2D eigenvalue weighted by atomic mass is 35.5. The van der Waals surface area contributed by atoms with E-state index in [1.807, 2.05) is 12.1 Å². The zero-order chi connectivity index (χ0) is 16.5. The number of benzene rings is 1. The number of rotatable bonds is 3. The van der Waals surface area contributed by atoms with E-state index in [9.17, 15) is 0 Å². The lowest BCUT2D eigenvalue weighted by Gasteiger charge is -2.30. The Morgan fingerprint density at radius 1 is 1.28 bits per heavy atom. The molecule has 1 aromatic heterocycles. The summed E-state index contributed by atoms with van der Waals surface area (Å²) in [6.07, 6.45) is 0. The van der Waals surface area contributed by atoms with Gasteiger partial charge in [0.1, 0.15) is 13.2 Å². The van der Waals surface area contributed by atoms with E-state index in [-0.39, 0.29) is 18.4 Å². The Labute approximate surface area is 151 Å². The predicted molar refractivity (Wildman–Crippen MR) is 92.8 cm³/mol. The molecule has 4 rings (SSSR count). The fourth-order valence-electron chi connectivity index (χ4n) is 2.98. The van der Waals surface area contributed by atoms with Crippen molar-refractivity contribution in [1.82, 2.24) is 20.4 Å². The molecule has 1 saturated heterocycles. The fraction of sp³-hybridized carbons (Fsp3) is 0.500. The topological polar surface area (TPSA) is 81.9 Å². The van der Waals surface area contributed by atoms with Gasteiger partial charge in [-0.25, -0.2) is 0 Å². The number of methoxy groups -OCH3 is 1. The number of hydrogen-bond acceptors (Lipinski definition) is 8. The molecule has 1 aromatic carbocycles. The Hall–Kier alpha value is -2.03. The highest BCUT2D eigenvalue weighted by Crippen LogP contribution is 2.42. The Morgan fingerprint density at radius 2 is 2.12 bits per heavy atom. The van der Waals surface area contributed by atoms with Gasteiger partial charge >= 0.3 is 0 Å². The molecule has 1 fully saturated rings. The number of nitrogens with zero attached hydrogens (tertiary/aromatic N) is 3. The lowest BCUT2D eigenvalue weighted by Crippen LogP contribution is -2.44. The lowest BCUT2D eigenvalue weighted by atomic mass is 10.1. The van der Waals surface area contributed by atoms with Crippen LogP contribution in [0.1, 0.15) is 11.9 Å². The fourth-order valence-corrected chi connectivity index (χ4v) is 2.98. The summed E-state index contributed by atoms with van der Waals surface area (Å²) in [5.41, 5.74) is 0.751. The van der Waals surface area contributed by atoms with Crippen molar-refractivity contribution in [2.24, 2.45) is 0 Å². The second-order valence-corrected chi connectivity index (χ2v) is 5.86. The standard InChI is InChI=1S/C16H20N4O4.ClH/c1-20-4-3-17-9-11(20)15-18-16(24-19-15)10-7-12(21-2)14-13(8-10)22-5-6-23-14;/h7-8,11,17H,3-6,9H2,1-2H3;1H. The van der Waals surface area contributed by atoms with E-state index < -0.39 is 0 Å². The Balaban J connectivity index is 0.00000182. The van der Waals surface area contributed by atoms with Gasteiger partial charge in [-0.1, -0.05) is 5.16 Å². The molecule has 0 spiro atoms. The van der Waals surface area contributed by atoms with Crippen molar-refractivity contribution in [1.29, 1.82) is 0 Å². The average Bonchev–Trinajstić information content (AvgIpc) is 3.11. The molecule has 0 aliphatic carbocycles. The molecular weight excluding hydrogens is 348 g/mol. The van der Waals surface area contributed by atoms with Crippen LogP contribution in [0.15, 0.2) is 16.7 Å². The number of ether oxygens (including phenoxy) is 3. The van der Waals surface area contributed by atoms with Gasteiger partial charge in [0.25, 0.3) is 5.89 Å². The molecule has 1 unspecified atom stereocenters. The predicted octanol–water partition coefficient (Wildman–Crippen LogP) is 1.51. The van der Waals surface area contributed by atoms with Crippen molar-refractivity contribution in [2.45, 2.75) is 6.04 Å². The number of fused-ring (bicyclic) bond motifs is 1. The van der Waals surface area contributed by atoms with Crippen LogP contribution in [-0.4, -0.2) is 62.0 Å². The third-order valence-electron chi connectivity index (χ3n) is 4.33. The van der Waals surface area contributed by atoms with E-state index in [1.165, 1.54) is 0 Å². The first-order chi connectivity index (χ1) is 11.8. The van der Waals surface area contributed by atoms with Gasteiger partial charge in [0.2, 0.25) is 5.75 Å². The molecular formula is C16H21ClN4O4. The van der Waals surface area contributed by atoms with Crippen molar-refractivity contribution < 1.29 is 18.7 Å². The molecule has 0 bridgehead atoms. The highest BCUT2D eigenvalue weighted by Gasteiger charge is 2.26. The number of piperazine rings is 1. The maximum absolute atomic E-state index is 5.66. The molecule has 136 valence electrons. The number of likely N-dealkylation sites (N-methyl/N-ethyl adjacent to an activating group) is 1. The van der Waals surface area contributed by atoms with Crippen molar-refractivity contribution in [3.8, 4) is 28.7 Å². The first kappa shape index (κ1) is 17.8. The quantitative estimate of drug-likeness (QED) is 0.873. The maximum atomic E-state index is 5.66. The zero-order valence-electron chi connectivity index (χ0n) is 14.2. The normalized spacial score (nSPS) is 20.0. The highest BCUT2D eigenvalue weighted by molar-refractivity contribution is 5.85. The molecule has 0 saturated carbocycles. The SMILES string of the molecule is COc1cc(-c2nc(C3CNCCN3C)no2)cc2c1OCCO2.Cl. The van der Waals surface area contributed by atoms with Crippen LogP contribution >= 0.6 is 12.4 Å². The molecule has 2 aliphatic rings. The summed E-state index contributed by atoms with van der Waals surface area (Å²) in [6, 6.07) is 3.78. The van der Waals surface area contributed by atoms with Crippen molar-refractivity contribution in [3.05, 3.63) is 18.0 Å². The average molecular weight is 369 g/mol. The van der Waals surface area contributed by atoms with Crippen LogP contribution in [0.5, 0.6) is 17.2 Å². The zero-order valence-corrected chi connectivity index (χ0v) is 15.0. The Bertz CT molecular complexity index is 722. The van der Waals surface area contributed by atoms with Gasteiger partial charge in [0.15, 0.2) is 17.3 Å². The molecule has 1 atom stereocenters. The van der Waals surface area contributed by atoms with Crippen molar-refractivity contribution in [2.75, 3.05) is 47.0 Å². The first-order valence-electron chi connectivity index (χ1n) is 7.99. The lowest BCUT2D eigenvalue weighted by molar-refractivity contribution is 0.165. The van der Waals surface area contributed by atoms with Crippen LogP contribution in [0.4, 0.5) is 0 Å². The van der Waals surface area contributed by atoms with Crippen LogP contribution in [0.3, 0.4) is 0 Å². The summed E-state index contributed by atoms with van der Waals surface area (Å²) >= 11 is 0. The molecule has 2 aliphatic heterocycles. The van der Waals surface area contributed by atoms with E-state index in [0.29, 0.717) is 42.2 Å². The van der Waals surface area contributed by atoms with Gasteiger partial charge in [-0.2, -0.15) is 4.98 Å². The van der Waals surface area contributed by atoms with Crippen molar-refractivity contribution in [3.63, 3.8) is 0 Å². The first-order valence-corrected chi connectivity index (χ1v) is 7.99. The van der Waals surface area contributed by atoms with E-state index in [4.69, 9.17) is 18.7 Å². The minimum atomic E-state index is 0. The summed E-state index contributed by atoms with van der Waals surface area (Å²) in [5, 5.41) is 7.51. The van der Waals surface area contributed by atoms with E-state index in [0.717, 1.165) is 25.2 Å². The summed E-state index contributed by atoms with van der Waals surface area (Å²) in [4.78, 5) is 6.79. The summed E-state index contributed by atoms with van der Waals surface area (Å²) < 4.78 is 22.2. The molecule has 0 amide bonds. The molecule has 0 radical (unpaired) electrons. The number of aromatic nitrogens is 2. The van der Waals surface area contributed by atoms with Crippen LogP contribution in [0.25, 0.3) is 11.5 Å². The van der Waals surface area contributed by atoms with Crippen LogP contribution < -0.4 is 19.5 Å². The minimum absolute atomic E-state index is 0. The summed E-state index contributed by atoms with van der Waals surface area (Å²) in [5.74, 6) is 2.96. The molecule has 1 N–H and O–H groups in total. The van der Waals surface area contributed by atoms with Gasteiger partial charge < -0.3 is 24.1 Å². The number of hydrogen-bond donors (Lipinski definition) is 1. The van der Waals surface area contributed by atoms with Gasteiger partial charge in [-0.05, 0) is 19.2 Å². The minimum Gasteiger partial charge on any atom is -0.493 e. The second-order valence-electron chi connectivity index (χ2n) is 5.86. The molecule has 8 nitrogen and oxygen atoms in total. The molecule has 2 aromatic rings. The number of halogens is 1. The maximum Gasteiger partial charge on any atom is 0.258 e. The third kappa shape index (κ3) is 3.37. The van der Waals surface area contributed by atoms with Crippen LogP contribution in [-0.2, 0) is 0 Å². The summed E-state index contributed by atoms with van der Waals surface area (Å²) in [6.45, 7) is 3.74. The van der Waals surface area contributed by atoms with Crippen LogP contribution in [0.2, 0.25) is 0 Å². The molecule has 3 heterocycles. The Kier molecular flexibility index (Phi) is 5.31. The largest absolute Gasteiger partial charge is 0.493 e. The van der Waals surface area contributed by atoms with Gasteiger partial charge in [-0.3, -0.25) is 4.90 Å². The molecule has 9 heteroatoms. The smallest absolute Gasteiger partial charge is 0.258 e. The number of nitrogens with one attached hydrogen (secondary N) is 1. The van der Waals surface area contributed by atoms with E-state index in [2.05, 4.69) is 27.4 Å².